The number of carboxylic acid groups (broad SMARTS) is 1. The number of hydrogen-bond donors (Lipinski definition) is 1. The van der Waals surface area contributed by atoms with Gasteiger partial charge in [-0.25, -0.2) is 4.79 Å². The van der Waals surface area contributed by atoms with Crippen LogP contribution in [0.25, 0.3) is 22.0 Å². The first-order valence-corrected chi connectivity index (χ1v) is 16.6. The van der Waals surface area contributed by atoms with Gasteiger partial charge in [0.1, 0.15) is 17.2 Å². The molecule has 1 aliphatic rings. The minimum absolute atomic E-state index is 0.0450. The number of aromatic carboxylic acids is 1. The van der Waals surface area contributed by atoms with E-state index >= 15 is 0 Å². The quantitative estimate of drug-likeness (QED) is 0.156. The van der Waals surface area contributed by atoms with Crippen molar-refractivity contribution < 1.29 is 24.2 Å². The maximum Gasteiger partial charge on any atom is 0.335 e. The molecule has 2 aromatic heterocycles. The number of ether oxygens (including phenoxy) is 2. The molecule has 0 radical (unpaired) electrons. The Labute approximate surface area is 289 Å². The second kappa shape index (κ2) is 13.2. The van der Waals surface area contributed by atoms with Crippen LogP contribution in [0.1, 0.15) is 61.8 Å². The molecule has 250 valence electrons. The molecular weight excluding hydrogens is 651 g/mol. The fourth-order valence-electron chi connectivity index (χ4n) is 6.86. The highest BCUT2D eigenvalue weighted by Crippen LogP contribution is 2.43. The SMILES string of the molecule is COc1cc(C(=O)O)cc(N2CCCn3c(c(CCCOc4cc(C)c(Cl)c(C)c4)c4ccc(Cl)c(-c5c(C)nn(C)c5C)c43)C2=O)c1. The summed E-state index contributed by atoms with van der Waals surface area (Å²) < 4.78 is 15.5. The van der Waals surface area contributed by atoms with Gasteiger partial charge in [-0.3, -0.25) is 9.48 Å². The summed E-state index contributed by atoms with van der Waals surface area (Å²) in [7, 11) is 3.39. The minimum atomic E-state index is -1.10. The van der Waals surface area contributed by atoms with Crippen LogP contribution in [0, 0.1) is 27.7 Å². The minimum Gasteiger partial charge on any atom is -0.497 e. The Balaban J connectivity index is 1.48. The van der Waals surface area contributed by atoms with E-state index in [0.29, 0.717) is 61.1 Å². The van der Waals surface area contributed by atoms with Gasteiger partial charge in [0.05, 0.1) is 35.5 Å². The van der Waals surface area contributed by atoms with Gasteiger partial charge < -0.3 is 24.0 Å². The van der Waals surface area contributed by atoms with Gasteiger partial charge in [0.15, 0.2) is 0 Å². The predicted molar refractivity (Wildman–Crippen MR) is 190 cm³/mol. The first kappa shape index (κ1) is 33.4. The lowest BCUT2D eigenvalue weighted by atomic mass is 9.98. The van der Waals surface area contributed by atoms with Crippen LogP contribution in [0.4, 0.5) is 5.69 Å². The number of halogens is 2. The third kappa shape index (κ3) is 5.90. The van der Waals surface area contributed by atoms with Crippen LogP contribution in [-0.2, 0) is 20.0 Å². The van der Waals surface area contributed by atoms with Crippen LogP contribution < -0.4 is 14.4 Å². The first-order chi connectivity index (χ1) is 22.9. The number of aryl methyl sites for hydroxylation is 6. The monoisotopic (exact) mass is 688 g/mol. The number of nitrogens with zero attached hydrogens (tertiary/aromatic N) is 4. The molecule has 11 heteroatoms. The lowest BCUT2D eigenvalue weighted by molar-refractivity contribution is 0.0696. The summed E-state index contributed by atoms with van der Waals surface area (Å²) in [4.78, 5) is 28.4. The number of benzene rings is 3. The molecule has 3 heterocycles. The molecule has 0 spiro atoms. The van der Waals surface area contributed by atoms with Crippen LogP contribution in [-0.4, -0.2) is 51.6 Å². The van der Waals surface area contributed by atoms with Crippen molar-refractivity contribution in [2.24, 2.45) is 7.05 Å². The average Bonchev–Trinajstić information content (AvgIpc) is 3.42. The van der Waals surface area contributed by atoms with Gasteiger partial charge in [0.2, 0.25) is 0 Å². The number of rotatable bonds is 9. The third-order valence-electron chi connectivity index (χ3n) is 9.18. The number of carbonyl (C=O) groups excluding carboxylic acids is 1. The molecule has 9 nitrogen and oxygen atoms in total. The fourth-order valence-corrected chi connectivity index (χ4v) is 7.21. The molecule has 1 N–H and O–H groups in total. The Morgan fingerprint density at radius 3 is 2.35 bits per heavy atom. The third-order valence-corrected chi connectivity index (χ3v) is 10.1. The zero-order valence-corrected chi connectivity index (χ0v) is 29.4. The van der Waals surface area contributed by atoms with Crippen molar-refractivity contribution in [3.63, 3.8) is 0 Å². The lowest BCUT2D eigenvalue weighted by Crippen LogP contribution is -2.32. The molecule has 0 atom stereocenters. The number of aromatic nitrogens is 3. The second-order valence-electron chi connectivity index (χ2n) is 12.3. The first-order valence-electron chi connectivity index (χ1n) is 15.9. The number of carbonyl (C=O) groups is 2. The molecule has 3 aromatic carbocycles. The predicted octanol–water partition coefficient (Wildman–Crippen LogP) is 8.35. The van der Waals surface area contributed by atoms with E-state index in [-0.39, 0.29) is 11.5 Å². The molecule has 0 fully saturated rings. The van der Waals surface area contributed by atoms with E-state index in [1.165, 1.54) is 19.2 Å². The summed E-state index contributed by atoms with van der Waals surface area (Å²) in [5.74, 6) is -0.195. The number of methoxy groups -OCH3 is 1. The zero-order valence-electron chi connectivity index (χ0n) is 27.9. The molecule has 1 aliphatic heterocycles. The number of fused-ring (bicyclic) bond motifs is 3. The highest BCUT2D eigenvalue weighted by atomic mass is 35.5. The molecule has 0 aliphatic carbocycles. The Hall–Kier alpha value is -4.47. The van der Waals surface area contributed by atoms with Gasteiger partial charge in [-0.1, -0.05) is 29.3 Å². The highest BCUT2D eigenvalue weighted by molar-refractivity contribution is 6.35. The summed E-state index contributed by atoms with van der Waals surface area (Å²) in [6.07, 6.45) is 1.84. The molecule has 48 heavy (non-hydrogen) atoms. The number of amides is 1. The molecule has 6 rings (SSSR count). The summed E-state index contributed by atoms with van der Waals surface area (Å²) in [6, 6.07) is 12.4. The van der Waals surface area contributed by atoms with E-state index in [9.17, 15) is 14.7 Å². The van der Waals surface area contributed by atoms with Crippen molar-refractivity contribution in [3.05, 3.63) is 91.8 Å². The molecule has 5 aromatic rings. The standard InChI is InChI=1S/C37H38Cl2N4O5/c1-20-15-27(16-21(2)33(20)39)48-14-7-9-28-29-10-11-30(38)32(31-22(3)40-41(5)23(31)4)34(29)43-13-8-12-42(36(44)35(28)43)25-17-24(37(45)46)18-26(19-25)47-6/h10-11,15-19H,7-9,12-14H2,1-6H3,(H,45,46). The molecule has 0 saturated carbocycles. The van der Waals surface area contributed by atoms with Crippen LogP contribution in [0.3, 0.4) is 0 Å². The summed E-state index contributed by atoms with van der Waals surface area (Å²) >= 11 is 13.4. The second-order valence-corrected chi connectivity index (χ2v) is 13.1. The van der Waals surface area contributed by atoms with Crippen molar-refractivity contribution in [2.45, 2.75) is 53.5 Å². The van der Waals surface area contributed by atoms with E-state index < -0.39 is 5.97 Å². The van der Waals surface area contributed by atoms with E-state index in [2.05, 4.69) is 9.67 Å². The van der Waals surface area contributed by atoms with Gasteiger partial charge in [0, 0.05) is 59.1 Å². The number of carboxylic acids is 1. The van der Waals surface area contributed by atoms with Crippen molar-refractivity contribution in [2.75, 3.05) is 25.2 Å². The lowest BCUT2D eigenvalue weighted by Gasteiger charge is -2.22. The summed E-state index contributed by atoms with van der Waals surface area (Å²) in [5, 5.41) is 16.7. The van der Waals surface area contributed by atoms with Crippen LogP contribution in [0.15, 0.2) is 42.5 Å². The molecule has 0 unspecified atom stereocenters. The van der Waals surface area contributed by atoms with Gasteiger partial charge in [-0.2, -0.15) is 5.10 Å². The normalized spacial score (nSPS) is 13.2. The van der Waals surface area contributed by atoms with E-state index in [0.717, 1.165) is 60.9 Å². The molecule has 1 amide bonds. The van der Waals surface area contributed by atoms with E-state index in [1.54, 1.807) is 11.0 Å². The van der Waals surface area contributed by atoms with Crippen molar-refractivity contribution >= 4 is 51.7 Å². The summed E-state index contributed by atoms with van der Waals surface area (Å²) in [6.45, 7) is 9.30. The van der Waals surface area contributed by atoms with Gasteiger partial charge >= 0.3 is 5.97 Å². The summed E-state index contributed by atoms with van der Waals surface area (Å²) in [5.41, 5.74) is 8.39. The zero-order chi connectivity index (χ0) is 34.4. The maximum atomic E-state index is 14.8. The Morgan fingerprint density at radius 1 is 0.979 bits per heavy atom. The van der Waals surface area contributed by atoms with Gasteiger partial charge in [-0.05, 0) is 94.0 Å². The molecule has 0 saturated heterocycles. The van der Waals surface area contributed by atoms with E-state index in [1.807, 2.05) is 63.7 Å². The van der Waals surface area contributed by atoms with Gasteiger partial charge in [-0.15, -0.1) is 0 Å². The Kier molecular flexibility index (Phi) is 9.20. The fraction of sp³-hybridized carbons (Fsp3) is 0.324. The number of hydrogen-bond acceptors (Lipinski definition) is 5. The molecular formula is C37H38Cl2N4O5. The average molecular weight is 690 g/mol. The van der Waals surface area contributed by atoms with Crippen molar-refractivity contribution in [1.82, 2.24) is 14.3 Å². The van der Waals surface area contributed by atoms with Gasteiger partial charge in [0.25, 0.3) is 5.91 Å². The maximum absolute atomic E-state index is 14.8. The Bertz CT molecular complexity index is 2070. The van der Waals surface area contributed by atoms with Crippen molar-refractivity contribution in [3.8, 4) is 22.6 Å². The van der Waals surface area contributed by atoms with Crippen LogP contribution >= 0.6 is 23.2 Å². The topological polar surface area (TPSA) is 98.8 Å². The highest BCUT2D eigenvalue weighted by Gasteiger charge is 2.33. The van der Waals surface area contributed by atoms with Crippen LogP contribution in [0.2, 0.25) is 10.0 Å². The smallest absolute Gasteiger partial charge is 0.335 e. The molecule has 0 bridgehead atoms. The van der Waals surface area contributed by atoms with E-state index in [4.69, 9.17) is 32.7 Å². The van der Waals surface area contributed by atoms with Crippen LogP contribution in [0.5, 0.6) is 11.5 Å². The van der Waals surface area contributed by atoms with Crippen molar-refractivity contribution in [1.29, 1.82) is 0 Å². The largest absolute Gasteiger partial charge is 0.497 e. The Morgan fingerprint density at radius 2 is 1.71 bits per heavy atom. The number of anilines is 1.